The van der Waals surface area contributed by atoms with E-state index in [1.165, 1.54) is 32.3 Å². The third kappa shape index (κ3) is 4.57. The SMILES string of the molecule is CN(C)S(=O)(=O)c1cc(NC(=O)COC(=O)c2c3c(nc4ccccc24)CCC3)ccc1Cl. The Morgan fingerprint density at radius 2 is 1.91 bits per heavy atom. The fourth-order valence-electron chi connectivity index (χ4n) is 3.82. The molecule has 0 saturated carbocycles. The third-order valence-electron chi connectivity index (χ3n) is 5.43. The fourth-order valence-corrected chi connectivity index (χ4v) is 5.21. The number of sulfonamides is 1. The van der Waals surface area contributed by atoms with Crippen LogP contribution in [0.5, 0.6) is 0 Å². The maximum atomic E-state index is 12.9. The van der Waals surface area contributed by atoms with Gasteiger partial charge in [-0.05, 0) is 49.1 Å². The van der Waals surface area contributed by atoms with Crippen LogP contribution in [0.3, 0.4) is 0 Å². The molecule has 0 bridgehead atoms. The minimum Gasteiger partial charge on any atom is -0.452 e. The number of esters is 1. The van der Waals surface area contributed by atoms with Crippen LogP contribution in [-0.2, 0) is 32.4 Å². The maximum absolute atomic E-state index is 12.9. The van der Waals surface area contributed by atoms with Gasteiger partial charge in [0.2, 0.25) is 10.0 Å². The highest BCUT2D eigenvalue weighted by atomic mass is 35.5. The summed E-state index contributed by atoms with van der Waals surface area (Å²) in [6.45, 7) is -0.525. The summed E-state index contributed by atoms with van der Waals surface area (Å²) in [5.74, 6) is -1.19. The predicted molar refractivity (Wildman–Crippen MR) is 125 cm³/mol. The van der Waals surface area contributed by atoms with Crippen molar-refractivity contribution in [3.63, 3.8) is 0 Å². The number of aromatic nitrogens is 1. The van der Waals surface area contributed by atoms with Gasteiger partial charge in [0.15, 0.2) is 6.61 Å². The quantitative estimate of drug-likeness (QED) is 0.534. The van der Waals surface area contributed by atoms with Crippen molar-refractivity contribution >= 4 is 50.1 Å². The van der Waals surface area contributed by atoms with Crippen molar-refractivity contribution < 1.29 is 22.7 Å². The van der Waals surface area contributed by atoms with Gasteiger partial charge in [-0.3, -0.25) is 9.78 Å². The number of nitrogens with one attached hydrogen (secondary N) is 1. The number of carbonyl (C=O) groups excluding carboxylic acids is 2. The van der Waals surface area contributed by atoms with Gasteiger partial charge in [-0.2, -0.15) is 0 Å². The molecule has 10 heteroatoms. The van der Waals surface area contributed by atoms with Crippen LogP contribution < -0.4 is 5.32 Å². The largest absolute Gasteiger partial charge is 0.452 e. The van der Waals surface area contributed by atoms with E-state index in [0.29, 0.717) is 16.5 Å². The number of hydrogen-bond acceptors (Lipinski definition) is 6. The lowest BCUT2D eigenvalue weighted by molar-refractivity contribution is -0.119. The minimum atomic E-state index is -3.80. The second kappa shape index (κ2) is 9.09. The first kappa shape index (κ1) is 23.2. The van der Waals surface area contributed by atoms with Crippen molar-refractivity contribution in [3.05, 3.63) is 64.3 Å². The topological polar surface area (TPSA) is 106 Å². The van der Waals surface area contributed by atoms with E-state index in [-0.39, 0.29) is 15.6 Å². The van der Waals surface area contributed by atoms with Crippen molar-refractivity contribution in [2.75, 3.05) is 26.0 Å². The maximum Gasteiger partial charge on any atom is 0.339 e. The number of benzene rings is 2. The number of pyridine rings is 1. The summed E-state index contributed by atoms with van der Waals surface area (Å²) >= 11 is 6.03. The lowest BCUT2D eigenvalue weighted by atomic mass is 10.0. The molecule has 0 aliphatic heterocycles. The summed E-state index contributed by atoms with van der Waals surface area (Å²) in [6.07, 6.45) is 2.45. The van der Waals surface area contributed by atoms with Gasteiger partial charge in [0.1, 0.15) is 4.90 Å². The molecule has 0 fully saturated rings. The van der Waals surface area contributed by atoms with Gasteiger partial charge in [-0.25, -0.2) is 17.5 Å². The molecule has 2 aromatic carbocycles. The highest BCUT2D eigenvalue weighted by Crippen LogP contribution is 2.30. The second-order valence-corrected chi connectivity index (χ2v) is 10.4. The molecule has 0 radical (unpaired) electrons. The van der Waals surface area contributed by atoms with Gasteiger partial charge < -0.3 is 10.1 Å². The van der Waals surface area contributed by atoms with Gasteiger partial charge in [0.05, 0.1) is 16.1 Å². The van der Waals surface area contributed by atoms with E-state index in [4.69, 9.17) is 16.3 Å². The highest BCUT2D eigenvalue weighted by molar-refractivity contribution is 7.89. The van der Waals surface area contributed by atoms with Crippen LogP contribution in [0.25, 0.3) is 10.9 Å². The van der Waals surface area contributed by atoms with Crippen LogP contribution in [-0.4, -0.2) is 50.3 Å². The summed E-state index contributed by atoms with van der Waals surface area (Å²) in [4.78, 5) is 29.9. The van der Waals surface area contributed by atoms with E-state index >= 15 is 0 Å². The monoisotopic (exact) mass is 487 g/mol. The molecule has 1 amide bonds. The Balaban J connectivity index is 1.51. The first-order chi connectivity index (χ1) is 15.7. The van der Waals surface area contributed by atoms with Crippen molar-refractivity contribution in [2.24, 2.45) is 0 Å². The van der Waals surface area contributed by atoms with E-state index in [0.717, 1.165) is 34.8 Å². The van der Waals surface area contributed by atoms with Crippen LogP contribution in [0.2, 0.25) is 5.02 Å². The molecule has 1 heterocycles. The summed E-state index contributed by atoms with van der Waals surface area (Å²) in [5, 5.41) is 3.27. The summed E-state index contributed by atoms with van der Waals surface area (Å²) in [7, 11) is -1.03. The van der Waals surface area contributed by atoms with Crippen molar-refractivity contribution in [1.29, 1.82) is 0 Å². The number of amides is 1. The molecule has 4 rings (SSSR count). The molecule has 0 spiro atoms. The summed E-state index contributed by atoms with van der Waals surface area (Å²) < 4.78 is 31.2. The zero-order chi connectivity index (χ0) is 23.8. The van der Waals surface area contributed by atoms with E-state index in [1.807, 2.05) is 24.3 Å². The Morgan fingerprint density at radius 3 is 2.67 bits per heavy atom. The molecule has 8 nitrogen and oxygen atoms in total. The number of nitrogens with zero attached hydrogens (tertiary/aromatic N) is 2. The lowest BCUT2D eigenvalue weighted by Gasteiger charge is -2.14. The first-order valence-corrected chi connectivity index (χ1v) is 12.1. The Labute approximate surface area is 196 Å². The summed E-state index contributed by atoms with van der Waals surface area (Å²) in [5.41, 5.74) is 3.14. The highest BCUT2D eigenvalue weighted by Gasteiger charge is 2.25. The van der Waals surface area contributed by atoms with Gasteiger partial charge >= 0.3 is 5.97 Å². The average molecular weight is 488 g/mol. The standard InChI is InChI=1S/C23H22ClN3O5S/c1-27(2)33(30,31)20-12-14(10-11-17(20)24)25-21(28)13-32-23(29)22-15-6-3-4-8-18(15)26-19-9-5-7-16(19)22/h3-4,6,8,10-12H,5,7,9,13H2,1-2H3,(H,25,28). The molecule has 0 saturated heterocycles. The number of hydrogen-bond donors (Lipinski definition) is 1. The van der Waals surface area contributed by atoms with E-state index < -0.39 is 28.5 Å². The molecule has 3 aromatic rings. The molecule has 1 aliphatic rings. The van der Waals surface area contributed by atoms with Crippen LogP contribution in [0.4, 0.5) is 5.69 Å². The molecule has 172 valence electrons. The Hall–Kier alpha value is -3.01. The average Bonchev–Trinajstić information content (AvgIpc) is 3.24. The molecule has 33 heavy (non-hydrogen) atoms. The van der Waals surface area contributed by atoms with Crippen molar-refractivity contribution in [1.82, 2.24) is 9.29 Å². The van der Waals surface area contributed by atoms with Gasteiger partial charge in [0.25, 0.3) is 5.91 Å². The molecular formula is C23H22ClN3O5S. The van der Waals surface area contributed by atoms with E-state index in [1.54, 1.807) is 0 Å². The minimum absolute atomic E-state index is 0.0338. The first-order valence-electron chi connectivity index (χ1n) is 10.3. The molecule has 1 N–H and O–H groups in total. The van der Waals surface area contributed by atoms with Gasteiger partial charge in [-0.1, -0.05) is 29.8 Å². The zero-order valence-corrected chi connectivity index (χ0v) is 19.7. The lowest BCUT2D eigenvalue weighted by Crippen LogP contribution is -2.24. The number of rotatable bonds is 6. The van der Waals surface area contributed by atoms with Crippen LogP contribution in [0.15, 0.2) is 47.4 Å². The number of para-hydroxylation sites is 1. The molecule has 1 aliphatic carbocycles. The number of carbonyl (C=O) groups is 2. The van der Waals surface area contributed by atoms with Gasteiger partial charge in [-0.15, -0.1) is 0 Å². The number of halogens is 1. The van der Waals surface area contributed by atoms with Crippen molar-refractivity contribution in [2.45, 2.75) is 24.2 Å². The van der Waals surface area contributed by atoms with Crippen LogP contribution in [0, 0.1) is 0 Å². The van der Waals surface area contributed by atoms with Crippen LogP contribution >= 0.6 is 11.6 Å². The Morgan fingerprint density at radius 1 is 1.15 bits per heavy atom. The molecule has 1 aromatic heterocycles. The van der Waals surface area contributed by atoms with E-state index in [2.05, 4.69) is 10.3 Å². The predicted octanol–water partition coefficient (Wildman–Crippen LogP) is 3.42. The number of anilines is 1. The zero-order valence-electron chi connectivity index (χ0n) is 18.1. The number of aryl methyl sites for hydroxylation is 1. The Kier molecular flexibility index (Phi) is 6.38. The normalized spacial score (nSPS) is 13.2. The van der Waals surface area contributed by atoms with Crippen molar-refractivity contribution in [3.8, 4) is 0 Å². The number of fused-ring (bicyclic) bond motifs is 2. The third-order valence-corrected chi connectivity index (χ3v) is 7.73. The van der Waals surface area contributed by atoms with Gasteiger partial charge in [0, 0.05) is 30.9 Å². The second-order valence-electron chi connectivity index (χ2n) is 7.84. The van der Waals surface area contributed by atoms with E-state index in [9.17, 15) is 18.0 Å². The number of ether oxygens (including phenoxy) is 1. The summed E-state index contributed by atoms with van der Waals surface area (Å²) in [6, 6.07) is 11.5. The van der Waals surface area contributed by atoms with Crippen LogP contribution in [0.1, 0.15) is 28.0 Å². The fraction of sp³-hybridized carbons (Fsp3) is 0.261. The molecule has 0 atom stereocenters. The smallest absolute Gasteiger partial charge is 0.339 e. The molecule has 0 unspecified atom stereocenters. The molecular weight excluding hydrogens is 466 g/mol. The Bertz CT molecular complexity index is 1370.